The highest BCUT2D eigenvalue weighted by Crippen LogP contribution is 2.24. The van der Waals surface area contributed by atoms with Gasteiger partial charge >= 0.3 is 0 Å². The van der Waals surface area contributed by atoms with Crippen molar-refractivity contribution in [3.05, 3.63) is 60.0 Å². The van der Waals surface area contributed by atoms with Gasteiger partial charge < -0.3 is 9.73 Å². The number of H-pyrrole nitrogens is 1. The van der Waals surface area contributed by atoms with Crippen LogP contribution in [-0.4, -0.2) is 26.7 Å². The summed E-state index contributed by atoms with van der Waals surface area (Å²) in [5.41, 5.74) is 2.50. The number of benzene rings is 1. The molecule has 0 bridgehead atoms. The largest absolute Gasteiger partial charge is 0.461 e. The van der Waals surface area contributed by atoms with E-state index in [1.807, 2.05) is 19.1 Å². The Labute approximate surface area is 143 Å². The molecule has 25 heavy (non-hydrogen) atoms. The van der Waals surface area contributed by atoms with Crippen molar-refractivity contribution in [1.29, 1.82) is 0 Å². The summed E-state index contributed by atoms with van der Waals surface area (Å²) in [5, 5.41) is 11.1. The van der Waals surface area contributed by atoms with Gasteiger partial charge in [0.25, 0.3) is 0 Å². The molecule has 0 aliphatic carbocycles. The van der Waals surface area contributed by atoms with Crippen molar-refractivity contribution >= 4 is 16.6 Å². The van der Waals surface area contributed by atoms with Gasteiger partial charge in [-0.2, -0.15) is 5.10 Å². The Hall–Kier alpha value is -3.22. The maximum atomic E-state index is 13.6. The van der Waals surface area contributed by atoms with Crippen molar-refractivity contribution in [3.8, 4) is 11.6 Å². The first-order chi connectivity index (χ1) is 12.2. The van der Waals surface area contributed by atoms with Crippen molar-refractivity contribution in [3.63, 3.8) is 0 Å². The molecule has 126 valence electrons. The van der Waals surface area contributed by atoms with Crippen LogP contribution in [0.15, 0.2) is 47.1 Å². The van der Waals surface area contributed by atoms with Crippen molar-refractivity contribution in [2.45, 2.75) is 13.3 Å². The quantitative estimate of drug-likeness (QED) is 0.580. The van der Waals surface area contributed by atoms with Crippen LogP contribution in [0.5, 0.6) is 0 Å². The molecule has 2 N–H and O–H groups in total. The van der Waals surface area contributed by atoms with E-state index in [2.05, 4.69) is 25.5 Å². The average molecular weight is 337 g/mol. The summed E-state index contributed by atoms with van der Waals surface area (Å²) in [6.07, 6.45) is 2.23. The lowest BCUT2D eigenvalue weighted by Crippen LogP contribution is -2.07. The van der Waals surface area contributed by atoms with E-state index in [9.17, 15) is 4.39 Å². The molecule has 0 radical (unpaired) electrons. The van der Waals surface area contributed by atoms with Crippen LogP contribution in [0.1, 0.15) is 11.5 Å². The summed E-state index contributed by atoms with van der Waals surface area (Å²) < 4.78 is 18.8. The highest BCUT2D eigenvalue weighted by atomic mass is 19.1. The molecule has 6 nitrogen and oxygen atoms in total. The molecule has 3 aromatic heterocycles. The molecule has 0 fully saturated rings. The Morgan fingerprint density at radius 1 is 1.20 bits per heavy atom. The molecule has 7 heteroatoms. The van der Waals surface area contributed by atoms with Crippen LogP contribution in [0.25, 0.3) is 22.5 Å². The van der Waals surface area contributed by atoms with Gasteiger partial charge in [-0.05, 0) is 43.3 Å². The van der Waals surface area contributed by atoms with Crippen LogP contribution in [0, 0.1) is 12.7 Å². The fourth-order valence-electron chi connectivity index (χ4n) is 2.72. The van der Waals surface area contributed by atoms with E-state index < -0.39 is 0 Å². The number of aromatic nitrogens is 4. The normalized spacial score (nSPS) is 11.1. The molecule has 0 unspecified atom stereocenters. The van der Waals surface area contributed by atoms with Crippen LogP contribution in [-0.2, 0) is 6.42 Å². The third-order valence-electron chi connectivity index (χ3n) is 3.85. The summed E-state index contributed by atoms with van der Waals surface area (Å²) in [6, 6.07) is 10.1. The van der Waals surface area contributed by atoms with Gasteiger partial charge in [0.05, 0.1) is 11.8 Å². The maximum Gasteiger partial charge on any atom is 0.216 e. The van der Waals surface area contributed by atoms with Crippen molar-refractivity contribution < 1.29 is 8.81 Å². The van der Waals surface area contributed by atoms with Crippen LogP contribution < -0.4 is 5.32 Å². The van der Waals surface area contributed by atoms with Crippen LogP contribution in [0.3, 0.4) is 0 Å². The van der Waals surface area contributed by atoms with Gasteiger partial charge in [-0.1, -0.05) is 0 Å². The standard InChI is InChI=1S/C18H16FN5O/c1-11-9-15(13-10-12(19)4-5-14(13)21-11)20-7-6-17-22-18(24-23-17)16-3-2-8-25-16/h2-5,8-10H,6-7H2,1H3,(H,20,21)(H,22,23,24). The number of nitrogens with one attached hydrogen (secondary N) is 2. The molecular formula is C18H16FN5O. The second-order valence-corrected chi connectivity index (χ2v) is 5.73. The lowest BCUT2D eigenvalue weighted by atomic mass is 10.1. The summed E-state index contributed by atoms with van der Waals surface area (Å²) >= 11 is 0. The molecule has 0 aliphatic rings. The van der Waals surface area contributed by atoms with Gasteiger partial charge in [0.1, 0.15) is 11.6 Å². The van der Waals surface area contributed by atoms with Crippen LogP contribution >= 0.6 is 0 Å². The second-order valence-electron chi connectivity index (χ2n) is 5.73. The molecule has 0 saturated heterocycles. The number of rotatable bonds is 5. The number of pyridine rings is 1. The summed E-state index contributed by atoms with van der Waals surface area (Å²) in [7, 11) is 0. The van der Waals surface area contributed by atoms with Crippen LogP contribution in [0.4, 0.5) is 10.1 Å². The molecule has 0 saturated carbocycles. The minimum Gasteiger partial charge on any atom is -0.461 e. The number of aryl methyl sites for hydroxylation is 1. The average Bonchev–Trinajstić information content (AvgIpc) is 3.26. The van der Waals surface area contributed by atoms with Crippen molar-refractivity contribution in [2.75, 3.05) is 11.9 Å². The van der Waals surface area contributed by atoms with Gasteiger partial charge in [0, 0.05) is 29.7 Å². The predicted molar refractivity (Wildman–Crippen MR) is 92.7 cm³/mol. The monoisotopic (exact) mass is 337 g/mol. The molecular weight excluding hydrogens is 321 g/mol. The highest BCUT2D eigenvalue weighted by molar-refractivity contribution is 5.91. The minimum absolute atomic E-state index is 0.278. The third kappa shape index (κ3) is 3.21. The van der Waals surface area contributed by atoms with Gasteiger partial charge in [-0.3, -0.25) is 10.1 Å². The van der Waals surface area contributed by atoms with E-state index in [0.29, 0.717) is 24.6 Å². The number of halogens is 1. The topological polar surface area (TPSA) is 79.6 Å². The highest BCUT2D eigenvalue weighted by Gasteiger charge is 2.09. The Morgan fingerprint density at radius 3 is 2.96 bits per heavy atom. The van der Waals surface area contributed by atoms with Crippen molar-refractivity contribution in [1.82, 2.24) is 20.2 Å². The van der Waals surface area contributed by atoms with E-state index in [1.54, 1.807) is 18.4 Å². The van der Waals surface area contributed by atoms with Crippen LogP contribution in [0.2, 0.25) is 0 Å². The second kappa shape index (κ2) is 6.35. The molecule has 3 heterocycles. The van der Waals surface area contributed by atoms with Gasteiger partial charge in [-0.15, -0.1) is 0 Å². The number of aromatic amines is 1. The van der Waals surface area contributed by atoms with E-state index in [0.717, 1.165) is 28.1 Å². The SMILES string of the molecule is Cc1cc(NCCc2nc(-c3ccco3)n[nH]2)c2cc(F)ccc2n1. The Kier molecular flexibility index (Phi) is 3.89. The molecule has 0 amide bonds. The fourth-order valence-corrected chi connectivity index (χ4v) is 2.72. The summed E-state index contributed by atoms with van der Waals surface area (Å²) in [4.78, 5) is 8.84. The van der Waals surface area contributed by atoms with Gasteiger partial charge in [0.2, 0.25) is 5.82 Å². The number of anilines is 1. The van der Waals surface area contributed by atoms with E-state index in [-0.39, 0.29) is 5.82 Å². The fraction of sp³-hybridized carbons (Fsp3) is 0.167. The van der Waals surface area contributed by atoms with Gasteiger partial charge in [0.15, 0.2) is 5.76 Å². The number of furan rings is 1. The first kappa shape index (κ1) is 15.3. The molecule has 4 rings (SSSR count). The first-order valence-electron chi connectivity index (χ1n) is 7.95. The van der Waals surface area contributed by atoms with E-state index in [4.69, 9.17) is 4.42 Å². The first-order valence-corrected chi connectivity index (χ1v) is 7.95. The molecule has 0 aliphatic heterocycles. The lowest BCUT2D eigenvalue weighted by Gasteiger charge is -2.10. The zero-order chi connectivity index (χ0) is 17.2. The zero-order valence-electron chi connectivity index (χ0n) is 13.6. The Balaban J connectivity index is 1.48. The number of fused-ring (bicyclic) bond motifs is 1. The Bertz CT molecular complexity index is 1010. The predicted octanol–water partition coefficient (Wildman–Crippen LogP) is 3.72. The summed E-state index contributed by atoms with van der Waals surface area (Å²) in [6.45, 7) is 2.54. The number of hydrogen-bond acceptors (Lipinski definition) is 5. The van der Waals surface area contributed by atoms with E-state index in [1.165, 1.54) is 12.1 Å². The molecule has 1 aromatic carbocycles. The lowest BCUT2D eigenvalue weighted by molar-refractivity contribution is 0.577. The number of hydrogen-bond donors (Lipinski definition) is 2. The molecule has 0 spiro atoms. The zero-order valence-corrected chi connectivity index (χ0v) is 13.6. The van der Waals surface area contributed by atoms with Gasteiger partial charge in [-0.25, -0.2) is 9.37 Å². The maximum absolute atomic E-state index is 13.6. The molecule has 0 atom stereocenters. The summed E-state index contributed by atoms with van der Waals surface area (Å²) in [5.74, 6) is 1.63. The van der Waals surface area contributed by atoms with Crippen molar-refractivity contribution in [2.24, 2.45) is 0 Å². The smallest absolute Gasteiger partial charge is 0.216 e. The molecule has 4 aromatic rings. The van der Waals surface area contributed by atoms with E-state index >= 15 is 0 Å². The Morgan fingerprint density at radius 2 is 2.12 bits per heavy atom. The number of nitrogens with zero attached hydrogens (tertiary/aromatic N) is 3. The third-order valence-corrected chi connectivity index (χ3v) is 3.85. The minimum atomic E-state index is -0.278.